The van der Waals surface area contributed by atoms with E-state index < -0.39 is 0 Å². The topological polar surface area (TPSA) is 14.7 Å². The van der Waals surface area contributed by atoms with Gasteiger partial charge in [0.25, 0.3) is 6.71 Å². The fourth-order valence-corrected chi connectivity index (χ4v) is 13.2. The number of fused-ring (bicyclic) bond motifs is 7. The summed E-state index contributed by atoms with van der Waals surface area (Å²) in [5.41, 5.74) is 25.7. The van der Waals surface area contributed by atoms with Gasteiger partial charge in [0.15, 0.2) is 0 Å². The summed E-state index contributed by atoms with van der Waals surface area (Å²) in [6.07, 6.45) is 0. The molecule has 12 aromatic rings. The van der Waals surface area contributed by atoms with Gasteiger partial charge in [-0.25, -0.2) is 0 Å². The Labute approximate surface area is 457 Å². The van der Waals surface area contributed by atoms with Crippen LogP contribution in [0.15, 0.2) is 255 Å². The van der Waals surface area contributed by atoms with Gasteiger partial charge >= 0.3 is 0 Å². The van der Waals surface area contributed by atoms with E-state index in [-0.39, 0.29) is 17.5 Å². The van der Waals surface area contributed by atoms with Gasteiger partial charge in [-0.15, -0.1) is 0 Å². The summed E-state index contributed by atoms with van der Waals surface area (Å²) in [5.74, 6) is 0. The minimum Gasteiger partial charge on any atom is -0.311 e. The van der Waals surface area contributed by atoms with E-state index in [0.717, 1.165) is 51.2 Å². The van der Waals surface area contributed by atoms with E-state index in [1.807, 2.05) is 0 Å². The maximum absolute atomic E-state index is 2.61. The third-order valence-electron chi connectivity index (χ3n) is 17.2. The predicted molar refractivity (Wildman–Crippen MR) is 331 cm³/mol. The van der Waals surface area contributed by atoms with Crippen LogP contribution in [0.1, 0.15) is 51.3 Å². The molecule has 4 aliphatic heterocycles. The van der Waals surface area contributed by atoms with Crippen LogP contribution in [-0.2, 0) is 10.8 Å². The fraction of sp³-hybridized carbons (Fsp3) is 0.0959. The van der Waals surface area contributed by atoms with Crippen molar-refractivity contribution < 1.29 is 0 Å². The van der Waals surface area contributed by atoms with Crippen molar-refractivity contribution >= 4 is 96.1 Å². The molecule has 372 valence electrons. The highest BCUT2D eigenvalue weighted by Crippen LogP contribution is 2.52. The van der Waals surface area contributed by atoms with Gasteiger partial charge in [0.2, 0.25) is 0 Å². The molecule has 0 fully saturated rings. The molecule has 78 heavy (non-hydrogen) atoms. The van der Waals surface area contributed by atoms with Crippen LogP contribution < -0.4 is 31.1 Å². The van der Waals surface area contributed by atoms with Crippen LogP contribution in [0.5, 0.6) is 0 Å². The number of rotatable bonds is 5. The van der Waals surface area contributed by atoms with E-state index in [1.54, 1.807) is 0 Å². The standard InChI is InChI=1S/C73H57BN4/c1-72(2,3)50-36-32-48(33-37-50)57-24-12-16-28-63(57)77-66-31-19-15-27-61(66)74-62-43-41-55-45-68(62)78(70-47-56(46-69(77)71(70)74)75(53-20-8-6-9-21-53)54-22-10-7-11-23-54)64-29-17-13-25-58(64)49-34-38-51(39-35-49)73(4,5)52-40-42-60-59-26-14-18-30-65(59)76(55)67(60)44-52/h6-47H,1-5H3. The molecule has 0 unspecified atom stereocenters. The predicted octanol–water partition coefficient (Wildman–Crippen LogP) is 17.6. The fourth-order valence-electron chi connectivity index (χ4n) is 13.2. The van der Waals surface area contributed by atoms with Gasteiger partial charge in [-0.05, 0) is 128 Å². The first-order valence-corrected chi connectivity index (χ1v) is 27.5. The number of nitrogens with zero attached hydrogens (tertiary/aromatic N) is 4. The average molecular weight is 1000 g/mol. The number of hydrogen-bond donors (Lipinski definition) is 0. The minimum absolute atomic E-state index is 0.0332. The van der Waals surface area contributed by atoms with Crippen LogP contribution in [0.25, 0.3) is 49.7 Å². The molecule has 0 saturated carbocycles. The van der Waals surface area contributed by atoms with Crippen molar-refractivity contribution in [2.75, 3.05) is 14.7 Å². The van der Waals surface area contributed by atoms with Gasteiger partial charge in [-0.2, -0.15) is 0 Å². The molecule has 0 N–H and O–H groups in total. The van der Waals surface area contributed by atoms with Crippen LogP contribution >= 0.6 is 0 Å². The summed E-state index contributed by atoms with van der Waals surface area (Å²) in [7, 11) is 0. The Morgan fingerprint density at radius 3 is 1.54 bits per heavy atom. The largest absolute Gasteiger partial charge is 0.311 e. The van der Waals surface area contributed by atoms with Crippen molar-refractivity contribution in [3.05, 3.63) is 271 Å². The normalized spacial score (nSPS) is 13.7. The van der Waals surface area contributed by atoms with Gasteiger partial charge < -0.3 is 19.3 Å². The van der Waals surface area contributed by atoms with Crippen LogP contribution in [-0.4, -0.2) is 11.3 Å². The van der Waals surface area contributed by atoms with Crippen molar-refractivity contribution in [2.45, 2.75) is 45.4 Å². The van der Waals surface area contributed by atoms with Crippen LogP contribution in [0.4, 0.5) is 51.2 Å². The van der Waals surface area contributed by atoms with E-state index in [0.29, 0.717) is 0 Å². The molecule has 0 radical (unpaired) electrons. The zero-order valence-corrected chi connectivity index (χ0v) is 44.6. The molecule has 0 saturated heterocycles. The highest BCUT2D eigenvalue weighted by Gasteiger charge is 2.45. The second kappa shape index (κ2) is 17.4. The molecule has 0 aliphatic carbocycles. The molecule has 0 amide bonds. The highest BCUT2D eigenvalue weighted by atomic mass is 15.2. The molecule has 6 bridgehead atoms. The molecule has 5 heteroatoms. The van der Waals surface area contributed by atoms with Crippen molar-refractivity contribution in [2.24, 2.45) is 0 Å². The first kappa shape index (κ1) is 46.0. The van der Waals surface area contributed by atoms with Gasteiger partial charge in [-0.1, -0.05) is 211 Å². The van der Waals surface area contributed by atoms with Crippen LogP contribution in [0.3, 0.4) is 0 Å². The summed E-state index contributed by atoms with van der Waals surface area (Å²) in [6.45, 7) is 11.5. The maximum Gasteiger partial charge on any atom is 0.252 e. The second-order valence-electron chi connectivity index (χ2n) is 23.0. The molecule has 4 aliphatic rings. The van der Waals surface area contributed by atoms with Crippen LogP contribution in [0.2, 0.25) is 0 Å². The van der Waals surface area contributed by atoms with Gasteiger partial charge in [0, 0.05) is 67.1 Å². The second-order valence-corrected chi connectivity index (χ2v) is 23.0. The number of para-hydroxylation sites is 6. The molecule has 0 spiro atoms. The first-order chi connectivity index (χ1) is 38.1. The summed E-state index contributed by atoms with van der Waals surface area (Å²) < 4.78 is 2.52. The first-order valence-electron chi connectivity index (χ1n) is 27.5. The molecule has 16 rings (SSSR count). The Bertz CT molecular complexity index is 4300. The smallest absolute Gasteiger partial charge is 0.252 e. The maximum atomic E-state index is 2.61. The van der Waals surface area contributed by atoms with Crippen molar-refractivity contribution in [1.29, 1.82) is 0 Å². The zero-order valence-electron chi connectivity index (χ0n) is 44.6. The summed E-state index contributed by atoms with van der Waals surface area (Å²) in [6, 6.07) is 96.0. The SMILES string of the molecule is CC(C)(C)c1ccc(-c2ccccc2N2c3ccccc3B3c4ccc5cc4N(c4ccccc4-c4ccc(cc4)C(C)(C)c4ccc6c7ccccc7n-5c6c4)c4cc(N(c5ccccc5)c5ccccc5)cc2c43)cc1. The van der Waals surface area contributed by atoms with Gasteiger partial charge in [-0.3, -0.25) is 0 Å². The Hall–Kier alpha value is -9.32. The van der Waals surface area contributed by atoms with E-state index in [2.05, 4.69) is 309 Å². The summed E-state index contributed by atoms with van der Waals surface area (Å²) in [5, 5.41) is 2.49. The van der Waals surface area contributed by atoms with Gasteiger partial charge in [0.05, 0.1) is 28.1 Å². The van der Waals surface area contributed by atoms with E-state index in [9.17, 15) is 0 Å². The van der Waals surface area contributed by atoms with Crippen molar-refractivity contribution in [3.8, 4) is 27.9 Å². The third-order valence-corrected chi connectivity index (χ3v) is 17.2. The van der Waals surface area contributed by atoms with E-state index in [1.165, 1.54) is 82.8 Å². The lowest BCUT2D eigenvalue weighted by atomic mass is 9.33. The summed E-state index contributed by atoms with van der Waals surface area (Å²) in [4.78, 5) is 7.62. The van der Waals surface area contributed by atoms with Crippen molar-refractivity contribution in [1.82, 2.24) is 4.57 Å². The minimum atomic E-state index is -0.261. The molecular weight excluding hydrogens is 944 g/mol. The summed E-state index contributed by atoms with van der Waals surface area (Å²) >= 11 is 0. The van der Waals surface area contributed by atoms with Crippen LogP contribution in [0, 0.1) is 0 Å². The Morgan fingerprint density at radius 2 is 0.897 bits per heavy atom. The molecule has 5 heterocycles. The lowest BCUT2D eigenvalue weighted by molar-refractivity contribution is 0.590. The van der Waals surface area contributed by atoms with Crippen molar-refractivity contribution in [3.63, 3.8) is 0 Å². The number of anilines is 9. The van der Waals surface area contributed by atoms with E-state index in [4.69, 9.17) is 0 Å². The Morgan fingerprint density at radius 1 is 0.385 bits per heavy atom. The Kier molecular flexibility index (Phi) is 10.2. The van der Waals surface area contributed by atoms with Gasteiger partial charge in [0.1, 0.15) is 0 Å². The molecular formula is C73H57BN4. The molecule has 0 atom stereocenters. The highest BCUT2D eigenvalue weighted by molar-refractivity contribution is 7.00. The monoisotopic (exact) mass is 1000 g/mol. The molecule has 1 aromatic heterocycles. The lowest BCUT2D eigenvalue weighted by Crippen LogP contribution is -2.61. The molecule has 4 nitrogen and oxygen atoms in total. The number of benzene rings is 11. The molecule has 11 aromatic carbocycles. The van der Waals surface area contributed by atoms with E-state index >= 15 is 0 Å². The average Bonchev–Trinajstić information content (AvgIpc) is 3.94. The zero-order chi connectivity index (χ0) is 52.4. The number of hydrogen-bond acceptors (Lipinski definition) is 3. The number of aromatic nitrogens is 1. The quantitative estimate of drug-likeness (QED) is 0.160. The lowest BCUT2D eigenvalue weighted by Gasteiger charge is -2.45. The Balaban J connectivity index is 1.08. The third kappa shape index (κ3) is 7.00.